The van der Waals surface area contributed by atoms with Gasteiger partial charge < -0.3 is 5.32 Å². The number of nitro groups is 1. The zero-order chi connectivity index (χ0) is 17.3. The normalized spacial score (nSPS) is 19.4. The van der Waals surface area contributed by atoms with Gasteiger partial charge in [0.15, 0.2) is 4.90 Å². The van der Waals surface area contributed by atoms with E-state index in [-0.39, 0.29) is 31.5 Å². The second kappa shape index (κ2) is 7.94. The Morgan fingerprint density at radius 1 is 1.24 bits per heavy atom. The molecule has 0 atom stereocenters. The maximum absolute atomic E-state index is 13.7. The average Bonchev–Trinajstić information content (AvgIpc) is 3.37. The molecule has 25 heavy (non-hydrogen) atoms. The van der Waals surface area contributed by atoms with Gasteiger partial charge in [0.2, 0.25) is 15.8 Å². The van der Waals surface area contributed by atoms with Gasteiger partial charge in [-0.1, -0.05) is 6.07 Å². The van der Waals surface area contributed by atoms with E-state index < -0.39 is 31.3 Å². The van der Waals surface area contributed by atoms with Crippen LogP contribution in [0.25, 0.3) is 0 Å². The Hall–Kier alpha value is -1.29. The van der Waals surface area contributed by atoms with Gasteiger partial charge in [0.1, 0.15) is 0 Å². The molecule has 0 spiro atoms. The minimum absolute atomic E-state index is 0. The maximum Gasteiger partial charge on any atom is 0.324 e. The summed E-state index contributed by atoms with van der Waals surface area (Å²) in [5.74, 6) is -0.385. The number of nitro benzene ring substituents is 1. The molecular formula is C15H21ClFN3O4S. The van der Waals surface area contributed by atoms with E-state index in [1.807, 2.05) is 0 Å². The molecule has 0 unspecified atom stereocenters. The van der Waals surface area contributed by atoms with E-state index in [4.69, 9.17) is 0 Å². The summed E-state index contributed by atoms with van der Waals surface area (Å²) in [5, 5.41) is 14.5. The highest BCUT2D eigenvalue weighted by molar-refractivity contribution is 7.89. The molecule has 0 radical (unpaired) electrons. The molecule has 1 saturated carbocycles. The number of rotatable bonds is 6. The van der Waals surface area contributed by atoms with Crippen molar-refractivity contribution in [2.24, 2.45) is 5.92 Å². The molecule has 1 aliphatic heterocycles. The summed E-state index contributed by atoms with van der Waals surface area (Å²) >= 11 is 0. The Balaban J connectivity index is 0.00000225. The molecule has 1 aromatic carbocycles. The largest absolute Gasteiger partial charge is 0.324 e. The van der Waals surface area contributed by atoms with Gasteiger partial charge >= 0.3 is 5.69 Å². The molecule has 1 saturated heterocycles. The highest BCUT2D eigenvalue weighted by atomic mass is 35.5. The lowest BCUT2D eigenvalue weighted by molar-refractivity contribution is -0.390. The fourth-order valence-corrected chi connectivity index (χ4v) is 4.61. The topological polar surface area (TPSA) is 92.5 Å². The summed E-state index contributed by atoms with van der Waals surface area (Å²) in [5.41, 5.74) is -0.980. The van der Waals surface area contributed by atoms with Gasteiger partial charge in [0, 0.05) is 19.1 Å². The number of nitrogens with zero attached hydrogens (tertiary/aromatic N) is 2. The van der Waals surface area contributed by atoms with Crippen LogP contribution in [0.2, 0.25) is 0 Å². The first-order valence-electron chi connectivity index (χ1n) is 8.06. The van der Waals surface area contributed by atoms with Gasteiger partial charge in [-0.25, -0.2) is 8.42 Å². The standard InChI is InChI=1S/C15H20FN3O4S.ClH/c16-13-2-1-3-14(15(13)19(20)21)24(22,23)18-8-6-12(7-9-18)17-10-11-4-5-11;/h1-3,11-12,17H,4-10H2;1H. The molecule has 1 aliphatic carbocycles. The predicted molar refractivity (Wildman–Crippen MR) is 92.8 cm³/mol. The summed E-state index contributed by atoms with van der Waals surface area (Å²) < 4.78 is 40.3. The highest BCUT2D eigenvalue weighted by Gasteiger charge is 2.36. The lowest BCUT2D eigenvalue weighted by Crippen LogP contribution is -2.45. The van der Waals surface area contributed by atoms with Crippen molar-refractivity contribution < 1.29 is 17.7 Å². The third-order valence-electron chi connectivity index (χ3n) is 4.60. The van der Waals surface area contributed by atoms with Crippen LogP contribution in [-0.2, 0) is 10.0 Å². The quantitative estimate of drug-likeness (QED) is 0.591. The van der Waals surface area contributed by atoms with Crippen LogP contribution in [0.3, 0.4) is 0 Å². The molecule has 2 aliphatic rings. The van der Waals surface area contributed by atoms with E-state index in [1.165, 1.54) is 23.2 Å². The van der Waals surface area contributed by atoms with Crippen LogP contribution in [0, 0.1) is 21.8 Å². The fourth-order valence-electron chi connectivity index (χ4n) is 2.98. The van der Waals surface area contributed by atoms with E-state index >= 15 is 0 Å². The first-order valence-corrected chi connectivity index (χ1v) is 9.50. The monoisotopic (exact) mass is 393 g/mol. The Labute approximate surface area is 152 Å². The second-order valence-electron chi connectivity index (χ2n) is 6.37. The molecule has 0 amide bonds. The summed E-state index contributed by atoms with van der Waals surface area (Å²) in [6, 6.07) is 3.43. The predicted octanol–water partition coefficient (Wildman–Crippen LogP) is 2.31. The molecule has 1 aromatic rings. The second-order valence-corrected chi connectivity index (χ2v) is 8.28. The fraction of sp³-hybridized carbons (Fsp3) is 0.600. The molecule has 0 aromatic heterocycles. The first-order chi connectivity index (χ1) is 11.4. The van der Waals surface area contributed by atoms with E-state index in [0.717, 1.165) is 24.6 Å². The van der Waals surface area contributed by atoms with Crippen LogP contribution in [0.1, 0.15) is 25.7 Å². The number of halogens is 2. The molecule has 10 heteroatoms. The van der Waals surface area contributed by atoms with Crippen molar-refractivity contribution in [2.45, 2.75) is 36.6 Å². The number of para-hydroxylation sites is 1. The number of hydrogen-bond acceptors (Lipinski definition) is 5. The molecular weight excluding hydrogens is 373 g/mol. The van der Waals surface area contributed by atoms with Crippen molar-refractivity contribution in [3.63, 3.8) is 0 Å². The van der Waals surface area contributed by atoms with Crippen LogP contribution >= 0.6 is 12.4 Å². The SMILES string of the molecule is Cl.O=[N+]([O-])c1c(F)cccc1S(=O)(=O)N1CCC(NCC2CC2)CC1. The molecule has 1 N–H and O–H groups in total. The zero-order valence-electron chi connectivity index (χ0n) is 13.6. The maximum atomic E-state index is 13.7. The molecule has 1 heterocycles. The first kappa shape index (κ1) is 20.0. The Morgan fingerprint density at radius 2 is 1.88 bits per heavy atom. The lowest BCUT2D eigenvalue weighted by atomic mass is 10.1. The van der Waals surface area contributed by atoms with E-state index in [0.29, 0.717) is 12.8 Å². The third kappa shape index (κ3) is 4.46. The summed E-state index contributed by atoms with van der Waals surface area (Å²) in [6.07, 6.45) is 3.80. The minimum atomic E-state index is -4.08. The summed E-state index contributed by atoms with van der Waals surface area (Å²) in [7, 11) is -4.08. The van der Waals surface area contributed by atoms with Crippen LogP contribution in [0.5, 0.6) is 0 Å². The van der Waals surface area contributed by atoms with Gasteiger partial charge in [-0.3, -0.25) is 10.1 Å². The van der Waals surface area contributed by atoms with Crippen molar-refractivity contribution in [3.05, 3.63) is 34.1 Å². The van der Waals surface area contributed by atoms with Crippen molar-refractivity contribution in [1.29, 1.82) is 0 Å². The Morgan fingerprint density at radius 3 is 2.44 bits per heavy atom. The minimum Gasteiger partial charge on any atom is -0.314 e. The summed E-state index contributed by atoms with van der Waals surface area (Å²) in [4.78, 5) is 9.50. The van der Waals surface area contributed by atoms with Crippen LogP contribution in [0.15, 0.2) is 23.1 Å². The number of piperidine rings is 1. The molecule has 7 nitrogen and oxygen atoms in total. The van der Waals surface area contributed by atoms with Gasteiger partial charge in [-0.2, -0.15) is 8.70 Å². The zero-order valence-corrected chi connectivity index (χ0v) is 15.2. The smallest absolute Gasteiger partial charge is 0.314 e. The number of nitrogens with one attached hydrogen (secondary N) is 1. The van der Waals surface area contributed by atoms with Gasteiger partial charge in [0.25, 0.3) is 0 Å². The van der Waals surface area contributed by atoms with Crippen LogP contribution in [-0.4, -0.2) is 43.3 Å². The van der Waals surface area contributed by atoms with E-state index in [2.05, 4.69) is 5.32 Å². The van der Waals surface area contributed by atoms with Gasteiger partial charge in [0.05, 0.1) is 4.92 Å². The van der Waals surface area contributed by atoms with E-state index in [9.17, 15) is 22.9 Å². The van der Waals surface area contributed by atoms with Crippen molar-refractivity contribution in [3.8, 4) is 0 Å². The highest BCUT2D eigenvalue weighted by Crippen LogP contribution is 2.31. The average molecular weight is 394 g/mol. The van der Waals surface area contributed by atoms with Crippen LogP contribution < -0.4 is 5.32 Å². The number of hydrogen-bond donors (Lipinski definition) is 1. The van der Waals surface area contributed by atoms with Gasteiger partial charge in [-0.15, -0.1) is 12.4 Å². The van der Waals surface area contributed by atoms with Crippen LogP contribution in [0.4, 0.5) is 10.1 Å². The third-order valence-corrected chi connectivity index (χ3v) is 6.53. The van der Waals surface area contributed by atoms with Crippen molar-refractivity contribution in [2.75, 3.05) is 19.6 Å². The van der Waals surface area contributed by atoms with Crippen molar-refractivity contribution in [1.82, 2.24) is 9.62 Å². The Kier molecular flexibility index (Phi) is 6.36. The Bertz CT molecular complexity index is 734. The summed E-state index contributed by atoms with van der Waals surface area (Å²) in [6.45, 7) is 1.52. The van der Waals surface area contributed by atoms with Crippen molar-refractivity contribution >= 4 is 28.1 Å². The van der Waals surface area contributed by atoms with Gasteiger partial charge in [-0.05, 0) is 50.3 Å². The number of benzene rings is 1. The number of sulfonamides is 1. The molecule has 2 fully saturated rings. The molecule has 3 rings (SSSR count). The van der Waals surface area contributed by atoms with E-state index in [1.54, 1.807) is 0 Å². The molecule has 0 bridgehead atoms. The molecule has 140 valence electrons. The lowest BCUT2D eigenvalue weighted by Gasteiger charge is -2.31.